The molecule has 5 nitrogen and oxygen atoms in total. The van der Waals surface area contributed by atoms with Crippen molar-refractivity contribution in [1.29, 1.82) is 0 Å². The number of amides is 1. The van der Waals surface area contributed by atoms with Gasteiger partial charge in [-0.25, -0.2) is 0 Å². The molecule has 1 aliphatic rings. The first kappa shape index (κ1) is 15.6. The van der Waals surface area contributed by atoms with E-state index in [4.69, 9.17) is 0 Å². The van der Waals surface area contributed by atoms with Gasteiger partial charge in [0.05, 0.1) is 0 Å². The summed E-state index contributed by atoms with van der Waals surface area (Å²) in [6.07, 6.45) is 1.48. The van der Waals surface area contributed by atoms with Crippen molar-refractivity contribution < 1.29 is 4.79 Å². The second kappa shape index (κ2) is 6.18. The Hall–Kier alpha value is -2.92. The summed E-state index contributed by atoms with van der Waals surface area (Å²) in [7, 11) is 0. The molecule has 5 heteroatoms. The maximum Gasteiger partial charge on any atom is 0.261 e. The van der Waals surface area contributed by atoms with Crippen molar-refractivity contribution in [3.05, 3.63) is 75.6 Å². The molecule has 0 spiro atoms. The fourth-order valence-electron chi connectivity index (χ4n) is 3.30. The minimum absolute atomic E-state index is 0.120. The number of rotatable bonds is 3. The number of benzene rings is 2. The van der Waals surface area contributed by atoms with Crippen LogP contribution in [0, 0.1) is 0 Å². The third kappa shape index (κ3) is 2.83. The number of para-hydroxylation sites is 1. The Kier molecular flexibility index (Phi) is 3.86. The topological polar surface area (TPSA) is 65.2 Å². The number of nitrogens with zero attached hydrogens (tertiary/aromatic N) is 1. The molecule has 1 amide bonds. The van der Waals surface area contributed by atoms with Crippen molar-refractivity contribution in [2.24, 2.45) is 0 Å². The van der Waals surface area contributed by atoms with Gasteiger partial charge in [0.15, 0.2) is 0 Å². The van der Waals surface area contributed by atoms with Gasteiger partial charge >= 0.3 is 0 Å². The van der Waals surface area contributed by atoms with Crippen molar-refractivity contribution in [2.45, 2.75) is 20.0 Å². The van der Waals surface area contributed by atoms with Crippen molar-refractivity contribution >= 4 is 22.5 Å². The molecule has 1 aromatic heterocycles. The van der Waals surface area contributed by atoms with Crippen LogP contribution >= 0.6 is 0 Å². The van der Waals surface area contributed by atoms with Crippen molar-refractivity contribution in [3.63, 3.8) is 0 Å². The summed E-state index contributed by atoms with van der Waals surface area (Å²) < 4.78 is 0. The number of H-pyrrole nitrogens is 1. The molecule has 3 aromatic rings. The Labute approximate surface area is 145 Å². The van der Waals surface area contributed by atoms with E-state index in [1.54, 1.807) is 12.1 Å². The van der Waals surface area contributed by atoms with E-state index < -0.39 is 5.91 Å². The van der Waals surface area contributed by atoms with Gasteiger partial charge in [0.25, 0.3) is 5.91 Å². The number of carbonyl (C=O) groups is 1. The number of fused-ring (bicyclic) bond motifs is 2. The van der Waals surface area contributed by atoms with Gasteiger partial charge in [-0.2, -0.15) is 0 Å². The van der Waals surface area contributed by atoms with Gasteiger partial charge < -0.3 is 10.3 Å². The van der Waals surface area contributed by atoms with Gasteiger partial charge in [-0.3, -0.25) is 14.5 Å². The Morgan fingerprint density at radius 1 is 1.16 bits per heavy atom. The number of carbonyl (C=O) groups excluding carboxylic acids is 1. The molecule has 0 bridgehead atoms. The van der Waals surface area contributed by atoms with E-state index in [1.165, 1.54) is 17.3 Å². The lowest BCUT2D eigenvalue weighted by Gasteiger charge is -2.09. The predicted molar refractivity (Wildman–Crippen MR) is 98.8 cm³/mol. The SMILES string of the molecule is CCN1Cc2ccc(NC(=O)c3c[nH]c4ccccc4c3=O)cc2C1. The zero-order valence-corrected chi connectivity index (χ0v) is 14.0. The Bertz CT molecular complexity index is 1020. The van der Waals surface area contributed by atoms with Crippen LogP contribution in [0.1, 0.15) is 28.4 Å². The smallest absolute Gasteiger partial charge is 0.261 e. The second-order valence-corrected chi connectivity index (χ2v) is 6.32. The number of nitrogens with one attached hydrogen (secondary N) is 2. The van der Waals surface area contributed by atoms with E-state index in [9.17, 15) is 9.59 Å². The highest BCUT2D eigenvalue weighted by molar-refractivity contribution is 6.05. The van der Waals surface area contributed by atoms with Crippen LogP contribution in [0.25, 0.3) is 10.9 Å². The van der Waals surface area contributed by atoms with Gasteiger partial charge in [0.1, 0.15) is 5.56 Å². The van der Waals surface area contributed by atoms with E-state index in [-0.39, 0.29) is 11.0 Å². The van der Waals surface area contributed by atoms with E-state index in [1.807, 2.05) is 30.3 Å². The van der Waals surface area contributed by atoms with Gasteiger partial charge in [-0.1, -0.05) is 25.1 Å². The lowest BCUT2D eigenvalue weighted by Crippen LogP contribution is -2.22. The van der Waals surface area contributed by atoms with Gasteiger partial charge in [0, 0.05) is 35.9 Å². The van der Waals surface area contributed by atoms with Gasteiger partial charge in [-0.05, 0) is 41.9 Å². The predicted octanol–water partition coefficient (Wildman–Crippen LogP) is 3.12. The fourth-order valence-corrected chi connectivity index (χ4v) is 3.30. The first-order valence-corrected chi connectivity index (χ1v) is 8.41. The molecule has 0 radical (unpaired) electrons. The molecular formula is C20H19N3O2. The number of anilines is 1. The molecule has 1 aliphatic heterocycles. The Balaban J connectivity index is 1.61. The van der Waals surface area contributed by atoms with Gasteiger partial charge in [-0.15, -0.1) is 0 Å². The van der Waals surface area contributed by atoms with Gasteiger partial charge in [0.2, 0.25) is 5.43 Å². The molecule has 126 valence electrons. The maximum absolute atomic E-state index is 12.6. The van der Waals surface area contributed by atoms with Crippen molar-refractivity contribution in [3.8, 4) is 0 Å². The van der Waals surface area contributed by atoms with E-state index >= 15 is 0 Å². The Morgan fingerprint density at radius 2 is 1.96 bits per heavy atom. The summed E-state index contributed by atoms with van der Waals surface area (Å²) in [6.45, 7) is 4.99. The molecule has 0 saturated carbocycles. The summed E-state index contributed by atoms with van der Waals surface area (Å²) in [4.78, 5) is 30.5. The lowest BCUT2D eigenvalue weighted by atomic mass is 10.1. The third-order valence-electron chi connectivity index (χ3n) is 4.73. The summed E-state index contributed by atoms with van der Waals surface area (Å²) in [5.41, 5.74) is 3.82. The number of hydrogen-bond acceptors (Lipinski definition) is 3. The summed E-state index contributed by atoms with van der Waals surface area (Å²) in [5.74, 6) is -0.391. The lowest BCUT2D eigenvalue weighted by molar-refractivity contribution is 0.102. The van der Waals surface area contributed by atoms with E-state index in [0.717, 1.165) is 25.2 Å². The quantitative estimate of drug-likeness (QED) is 0.774. The molecule has 2 aromatic carbocycles. The molecule has 2 N–H and O–H groups in total. The highest BCUT2D eigenvalue weighted by Crippen LogP contribution is 2.25. The number of pyridine rings is 1. The number of aromatic nitrogens is 1. The number of aromatic amines is 1. The standard InChI is InChI=1S/C20H19N3O2/c1-2-23-11-13-7-8-15(9-14(13)12-23)22-20(25)17-10-21-18-6-4-3-5-16(18)19(17)24/h3-10H,2,11-12H2,1H3,(H,21,24)(H,22,25). The van der Waals surface area contributed by atoms with Crippen LogP contribution in [-0.2, 0) is 13.1 Å². The monoisotopic (exact) mass is 333 g/mol. The zero-order valence-electron chi connectivity index (χ0n) is 14.0. The fraction of sp³-hybridized carbons (Fsp3) is 0.200. The molecule has 0 fully saturated rings. The molecule has 0 saturated heterocycles. The first-order chi connectivity index (χ1) is 12.2. The van der Waals surface area contributed by atoms with Crippen LogP contribution in [0.3, 0.4) is 0 Å². The van der Waals surface area contributed by atoms with Crippen LogP contribution < -0.4 is 10.7 Å². The van der Waals surface area contributed by atoms with E-state index in [2.05, 4.69) is 22.1 Å². The summed E-state index contributed by atoms with van der Waals surface area (Å²) in [6, 6.07) is 13.1. The molecule has 25 heavy (non-hydrogen) atoms. The maximum atomic E-state index is 12.6. The average Bonchev–Trinajstić information content (AvgIpc) is 3.04. The molecule has 2 heterocycles. The molecule has 0 atom stereocenters. The molecule has 0 aliphatic carbocycles. The zero-order chi connectivity index (χ0) is 17.4. The van der Waals surface area contributed by atoms with Crippen LogP contribution in [0.2, 0.25) is 0 Å². The second-order valence-electron chi connectivity index (χ2n) is 6.32. The molecular weight excluding hydrogens is 314 g/mol. The van der Waals surface area contributed by atoms with E-state index in [0.29, 0.717) is 11.1 Å². The normalized spacial score (nSPS) is 13.8. The highest BCUT2D eigenvalue weighted by atomic mass is 16.2. The number of hydrogen-bond donors (Lipinski definition) is 2. The summed E-state index contributed by atoms with van der Waals surface area (Å²) >= 11 is 0. The molecule has 4 rings (SSSR count). The highest BCUT2D eigenvalue weighted by Gasteiger charge is 2.19. The van der Waals surface area contributed by atoms with Crippen LogP contribution in [0.15, 0.2) is 53.5 Å². The minimum Gasteiger partial charge on any atom is -0.360 e. The van der Waals surface area contributed by atoms with Crippen molar-refractivity contribution in [2.75, 3.05) is 11.9 Å². The minimum atomic E-state index is -0.391. The third-order valence-corrected chi connectivity index (χ3v) is 4.73. The van der Waals surface area contributed by atoms with Crippen LogP contribution in [0.5, 0.6) is 0 Å². The van der Waals surface area contributed by atoms with Crippen LogP contribution in [0.4, 0.5) is 5.69 Å². The van der Waals surface area contributed by atoms with Crippen molar-refractivity contribution in [1.82, 2.24) is 9.88 Å². The summed E-state index contributed by atoms with van der Waals surface area (Å²) in [5, 5.41) is 3.37. The van der Waals surface area contributed by atoms with Crippen LogP contribution in [-0.4, -0.2) is 22.3 Å². The first-order valence-electron chi connectivity index (χ1n) is 8.41. The largest absolute Gasteiger partial charge is 0.360 e. The Morgan fingerprint density at radius 3 is 2.80 bits per heavy atom. The average molecular weight is 333 g/mol. The molecule has 0 unspecified atom stereocenters.